The van der Waals surface area contributed by atoms with Gasteiger partial charge in [0.15, 0.2) is 0 Å². The third kappa shape index (κ3) is 4.42. The summed E-state index contributed by atoms with van der Waals surface area (Å²) in [6.07, 6.45) is 4.42. The monoisotopic (exact) mass is 382 g/mol. The van der Waals surface area contributed by atoms with Crippen molar-refractivity contribution in [2.24, 2.45) is 0 Å². The van der Waals surface area contributed by atoms with Crippen molar-refractivity contribution < 1.29 is 4.79 Å². The normalized spacial score (nSPS) is 18.0. The van der Waals surface area contributed by atoms with Gasteiger partial charge in [0.05, 0.1) is 13.1 Å². The fourth-order valence-corrected chi connectivity index (χ4v) is 4.13. The second-order valence-electron chi connectivity index (χ2n) is 7.75. The van der Waals surface area contributed by atoms with E-state index in [0.29, 0.717) is 6.54 Å². The molecule has 7 nitrogen and oxygen atoms in total. The number of nitrogens with one attached hydrogen (secondary N) is 1. The van der Waals surface area contributed by atoms with E-state index in [9.17, 15) is 4.79 Å². The van der Waals surface area contributed by atoms with E-state index < -0.39 is 0 Å². The highest BCUT2D eigenvalue weighted by atomic mass is 16.2. The van der Waals surface area contributed by atoms with Gasteiger partial charge < -0.3 is 9.88 Å². The molecule has 0 atom stereocenters. The first-order valence-electron chi connectivity index (χ1n) is 10.5. The maximum atomic E-state index is 12.5. The minimum atomic E-state index is 0.0703. The lowest BCUT2D eigenvalue weighted by atomic mass is 10.1. The molecule has 0 spiro atoms. The maximum Gasteiger partial charge on any atom is 0.238 e. The molecule has 0 unspecified atom stereocenters. The lowest BCUT2D eigenvalue weighted by Gasteiger charge is -2.34. The van der Waals surface area contributed by atoms with Gasteiger partial charge >= 0.3 is 0 Å². The standard InChI is InChI=1S/C21H30N6O/c1-2-17-7-3-4-8-18(17)22-21(28)16-26-13-11-25(12-14-26)15-20-24-23-19-9-5-6-10-27(19)20/h3-4,7-8H,2,5-6,9-16H2,1H3,(H,22,28). The Bertz CT molecular complexity index is 809. The molecule has 1 aromatic carbocycles. The number of nitrogens with zero attached hydrogens (tertiary/aromatic N) is 5. The number of carbonyl (C=O) groups excluding carboxylic acids is 1. The number of aryl methyl sites for hydroxylation is 2. The molecular formula is C21H30N6O. The molecule has 0 radical (unpaired) electrons. The quantitative estimate of drug-likeness (QED) is 0.827. The Morgan fingerprint density at radius 3 is 2.64 bits per heavy atom. The van der Waals surface area contributed by atoms with Crippen LogP contribution in [-0.4, -0.2) is 63.2 Å². The average Bonchev–Trinajstić information content (AvgIpc) is 3.13. The van der Waals surface area contributed by atoms with Crippen LogP contribution >= 0.6 is 0 Å². The molecule has 3 heterocycles. The van der Waals surface area contributed by atoms with Crippen LogP contribution in [0, 0.1) is 0 Å². The Hall–Kier alpha value is -2.25. The van der Waals surface area contributed by atoms with Gasteiger partial charge in [-0.2, -0.15) is 0 Å². The SMILES string of the molecule is CCc1ccccc1NC(=O)CN1CCN(Cc2nnc3n2CCCC3)CC1. The van der Waals surface area contributed by atoms with Crippen LogP contribution in [-0.2, 0) is 30.7 Å². The van der Waals surface area contributed by atoms with E-state index in [1.807, 2.05) is 18.2 Å². The van der Waals surface area contributed by atoms with Crippen molar-refractivity contribution in [2.75, 3.05) is 38.0 Å². The minimum Gasteiger partial charge on any atom is -0.325 e. The Morgan fingerprint density at radius 1 is 1.04 bits per heavy atom. The molecule has 1 amide bonds. The molecule has 0 saturated carbocycles. The molecule has 1 fully saturated rings. The van der Waals surface area contributed by atoms with Crippen LogP contribution in [0.3, 0.4) is 0 Å². The number of amides is 1. The Morgan fingerprint density at radius 2 is 1.82 bits per heavy atom. The summed E-state index contributed by atoms with van der Waals surface area (Å²) in [5, 5.41) is 11.8. The number of aromatic nitrogens is 3. The zero-order valence-corrected chi connectivity index (χ0v) is 16.7. The highest BCUT2D eigenvalue weighted by Crippen LogP contribution is 2.17. The summed E-state index contributed by atoms with van der Waals surface area (Å²) in [6, 6.07) is 8.03. The first-order valence-corrected chi connectivity index (χ1v) is 10.5. The van der Waals surface area contributed by atoms with Crippen molar-refractivity contribution in [3.05, 3.63) is 41.5 Å². The summed E-state index contributed by atoms with van der Waals surface area (Å²) in [5.41, 5.74) is 2.11. The number of anilines is 1. The van der Waals surface area contributed by atoms with Crippen LogP contribution < -0.4 is 5.32 Å². The summed E-state index contributed by atoms with van der Waals surface area (Å²) in [5.74, 6) is 2.31. The maximum absolute atomic E-state index is 12.5. The first-order chi connectivity index (χ1) is 13.7. The topological polar surface area (TPSA) is 66.3 Å². The molecule has 2 aromatic rings. The molecule has 1 N–H and O–H groups in total. The van der Waals surface area contributed by atoms with Gasteiger partial charge in [0.25, 0.3) is 0 Å². The van der Waals surface area contributed by atoms with Crippen molar-refractivity contribution in [3.63, 3.8) is 0 Å². The van der Waals surface area contributed by atoms with Crippen molar-refractivity contribution in [3.8, 4) is 0 Å². The molecule has 7 heteroatoms. The summed E-state index contributed by atoms with van der Waals surface area (Å²) < 4.78 is 2.30. The zero-order chi connectivity index (χ0) is 19.3. The van der Waals surface area contributed by atoms with E-state index >= 15 is 0 Å². The molecule has 4 rings (SSSR count). The minimum absolute atomic E-state index is 0.0703. The number of piperazine rings is 1. The van der Waals surface area contributed by atoms with Gasteiger partial charge in [0.1, 0.15) is 11.6 Å². The number of hydrogen-bond acceptors (Lipinski definition) is 5. The van der Waals surface area contributed by atoms with Crippen molar-refractivity contribution in [2.45, 2.75) is 45.7 Å². The van der Waals surface area contributed by atoms with Crippen LogP contribution in [0.2, 0.25) is 0 Å². The molecule has 1 saturated heterocycles. The van der Waals surface area contributed by atoms with E-state index in [0.717, 1.165) is 69.4 Å². The van der Waals surface area contributed by atoms with Crippen LogP contribution in [0.1, 0.15) is 37.0 Å². The molecule has 28 heavy (non-hydrogen) atoms. The van der Waals surface area contributed by atoms with Gasteiger partial charge in [-0.1, -0.05) is 25.1 Å². The highest BCUT2D eigenvalue weighted by Gasteiger charge is 2.22. The van der Waals surface area contributed by atoms with E-state index in [-0.39, 0.29) is 5.91 Å². The summed E-state index contributed by atoms with van der Waals surface area (Å²) in [6.45, 7) is 8.20. The number of para-hydroxylation sites is 1. The first kappa shape index (κ1) is 19.1. The van der Waals surface area contributed by atoms with Gasteiger partial charge in [-0.25, -0.2) is 0 Å². The molecule has 2 aliphatic rings. The molecular weight excluding hydrogens is 352 g/mol. The number of fused-ring (bicyclic) bond motifs is 1. The van der Waals surface area contributed by atoms with Gasteiger partial charge in [0, 0.05) is 44.8 Å². The number of rotatable bonds is 6. The van der Waals surface area contributed by atoms with E-state index in [1.165, 1.54) is 18.4 Å². The van der Waals surface area contributed by atoms with E-state index in [4.69, 9.17) is 0 Å². The third-order valence-corrected chi connectivity index (χ3v) is 5.81. The van der Waals surface area contributed by atoms with Crippen LogP contribution in [0.15, 0.2) is 24.3 Å². The lowest BCUT2D eigenvalue weighted by Crippen LogP contribution is -2.48. The Kier molecular flexibility index (Phi) is 6.02. The van der Waals surface area contributed by atoms with Crippen molar-refractivity contribution >= 4 is 11.6 Å². The van der Waals surface area contributed by atoms with Crippen molar-refractivity contribution in [1.82, 2.24) is 24.6 Å². The van der Waals surface area contributed by atoms with E-state index in [1.54, 1.807) is 0 Å². The molecule has 2 aliphatic heterocycles. The molecule has 0 aliphatic carbocycles. The van der Waals surface area contributed by atoms with Crippen LogP contribution in [0.25, 0.3) is 0 Å². The fraction of sp³-hybridized carbons (Fsp3) is 0.571. The Labute approximate surface area is 166 Å². The zero-order valence-electron chi connectivity index (χ0n) is 16.7. The van der Waals surface area contributed by atoms with E-state index in [2.05, 4.69) is 42.9 Å². The van der Waals surface area contributed by atoms with Gasteiger partial charge in [-0.3, -0.25) is 14.6 Å². The van der Waals surface area contributed by atoms with Gasteiger partial charge in [0.2, 0.25) is 5.91 Å². The summed E-state index contributed by atoms with van der Waals surface area (Å²) in [4.78, 5) is 17.1. The van der Waals surface area contributed by atoms with Crippen LogP contribution in [0.4, 0.5) is 5.69 Å². The second kappa shape index (κ2) is 8.84. The summed E-state index contributed by atoms with van der Waals surface area (Å²) in [7, 11) is 0. The molecule has 1 aromatic heterocycles. The largest absolute Gasteiger partial charge is 0.325 e. The highest BCUT2D eigenvalue weighted by molar-refractivity contribution is 5.93. The molecule has 0 bridgehead atoms. The third-order valence-electron chi connectivity index (χ3n) is 5.81. The number of benzene rings is 1. The number of hydrogen-bond donors (Lipinski definition) is 1. The predicted octanol–water partition coefficient (Wildman–Crippen LogP) is 1.93. The van der Waals surface area contributed by atoms with Crippen molar-refractivity contribution in [1.29, 1.82) is 0 Å². The summed E-state index contributed by atoms with van der Waals surface area (Å²) >= 11 is 0. The fourth-order valence-electron chi connectivity index (χ4n) is 4.13. The average molecular weight is 383 g/mol. The van der Waals surface area contributed by atoms with Crippen LogP contribution in [0.5, 0.6) is 0 Å². The Balaban J connectivity index is 1.25. The predicted molar refractivity (Wildman–Crippen MR) is 109 cm³/mol. The second-order valence-corrected chi connectivity index (χ2v) is 7.75. The smallest absolute Gasteiger partial charge is 0.238 e. The molecule has 150 valence electrons. The van der Waals surface area contributed by atoms with Gasteiger partial charge in [-0.15, -0.1) is 10.2 Å². The van der Waals surface area contributed by atoms with Gasteiger partial charge in [-0.05, 0) is 30.9 Å². The lowest BCUT2D eigenvalue weighted by molar-refractivity contribution is -0.117. The number of carbonyl (C=O) groups is 1.